The van der Waals surface area contributed by atoms with E-state index in [0.717, 1.165) is 77.3 Å². The Morgan fingerprint density at radius 2 is 1.39 bits per heavy atom. The number of allylic oxidation sites excluding steroid dienone is 1. The topological polar surface area (TPSA) is 84.5 Å². The first-order valence-corrected chi connectivity index (χ1v) is 18.9. The van der Waals surface area contributed by atoms with Gasteiger partial charge in [-0.25, -0.2) is 0 Å². The van der Waals surface area contributed by atoms with Crippen molar-refractivity contribution in [2.45, 2.75) is 151 Å². The first kappa shape index (κ1) is 35.5. The van der Waals surface area contributed by atoms with Crippen LogP contribution >= 0.6 is 0 Å². The van der Waals surface area contributed by atoms with Crippen LogP contribution in [0.4, 0.5) is 0 Å². The van der Waals surface area contributed by atoms with Crippen molar-refractivity contribution in [3.05, 3.63) is 12.2 Å². The number of ether oxygens (including phenoxy) is 1. The number of fused-ring (bicyclic) bond motifs is 7. The Morgan fingerprint density at radius 3 is 2.02 bits per heavy atom. The summed E-state index contributed by atoms with van der Waals surface area (Å²) in [7, 11) is 0. The van der Waals surface area contributed by atoms with Crippen LogP contribution in [0, 0.1) is 56.7 Å². The lowest BCUT2D eigenvalue weighted by molar-refractivity contribution is -0.248. The highest BCUT2D eigenvalue weighted by Gasteiger charge is 2.72. The molecule has 6 heteroatoms. The minimum atomic E-state index is -0.270. The molecule has 0 unspecified atom stereocenters. The number of hydrogen-bond donors (Lipinski definition) is 2. The predicted octanol–water partition coefficient (Wildman–Crippen LogP) is 8.39. The van der Waals surface area contributed by atoms with Crippen molar-refractivity contribution in [2.24, 2.45) is 56.7 Å². The summed E-state index contributed by atoms with van der Waals surface area (Å²) >= 11 is 0. The first-order chi connectivity index (χ1) is 21.5. The quantitative estimate of drug-likeness (QED) is 0.143. The molecule has 0 radical (unpaired) electrons. The van der Waals surface area contributed by atoms with Gasteiger partial charge in [0.2, 0.25) is 11.8 Å². The second-order valence-electron chi connectivity index (χ2n) is 18.0. The number of nitrogens with one attached hydrogen (secondary N) is 2. The minimum absolute atomic E-state index is 0.00622. The molecule has 0 spiro atoms. The predicted molar refractivity (Wildman–Crippen MR) is 185 cm³/mol. The normalized spacial score (nSPS) is 42.4. The lowest BCUT2D eigenvalue weighted by Gasteiger charge is -2.72. The number of esters is 1. The fraction of sp³-hybridized carbons (Fsp3) is 0.875. The third-order valence-electron chi connectivity index (χ3n) is 15.5. The molecule has 0 aliphatic heterocycles. The van der Waals surface area contributed by atoms with E-state index < -0.39 is 0 Å². The van der Waals surface area contributed by atoms with Gasteiger partial charge in [0, 0.05) is 32.4 Å². The SMILES string of the molecule is C=C(C)[C@@H]1CC[C@]2(C(=O)NCCCCCCNC(C)=O)CC[C@]3(C)[C@H](CC[C@@H]4[C@@]5(C)CC[C@H](OC(C)=O)C(C)(C)[C@@H]5CC[C@]43C)[C@@H]12. The zero-order chi connectivity index (χ0) is 33.7. The second-order valence-corrected chi connectivity index (χ2v) is 18.0. The van der Waals surface area contributed by atoms with Crippen LogP contribution in [0.5, 0.6) is 0 Å². The molecule has 0 heterocycles. The molecule has 5 rings (SSSR count). The molecule has 260 valence electrons. The van der Waals surface area contributed by atoms with Crippen molar-refractivity contribution in [3.8, 4) is 0 Å². The summed E-state index contributed by atoms with van der Waals surface area (Å²) in [6.07, 6.45) is 15.3. The zero-order valence-electron chi connectivity index (χ0n) is 30.6. The number of amides is 2. The molecular weight excluding hydrogens is 572 g/mol. The van der Waals surface area contributed by atoms with Gasteiger partial charge >= 0.3 is 5.97 Å². The fourth-order valence-electron chi connectivity index (χ4n) is 13.2. The lowest BCUT2D eigenvalue weighted by Crippen LogP contribution is -2.67. The molecule has 5 fully saturated rings. The standard InChI is InChI=1S/C40H66N2O4/c1-26(2)29-16-21-40(35(45)42-25-13-11-10-12-24-41-27(3)43)23-22-38(8)30(34(29)40)14-15-32-37(7)19-18-33(46-28(4)44)36(5,6)31(37)17-20-39(32,38)9/h29-34H,1,10-25H2,2-9H3,(H,41,43)(H,42,45)/t29-,30+,31-,32+,33-,34+,37-,38+,39+,40-/m0/s1. The van der Waals surface area contributed by atoms with Crippen LogP contribution in [0.1, 0.15) is 145 Å². The van der Waals surface area contributed by atoms with E-state index in [1.807, 2.05) is 0 Å². The molecule has 5 aliphatic carbocycles. The zero-order valence-corrected chi connectivity index (χ0v) is 30.6. The van der Waals surface area contributed by atoms with Gasteiger partial charge in [-0.2, -0.15) is 0 Å². The Morgan fingerprint density at radius 1 is 0.717 bits per heavy atom. The lowest BCUT2D eigenvalue weighted by atomic mass is 9.32. The molecule has 46 heavy (non-hydrogen) atoms. The van der Waals surface area contributed by atoms with Crippen LogP contribution in [0.25, 0.3) is 0 Å². The van der Waals surface area contributed by atoms with Crippen molar-refractivity contribution in [3.63, 3.8) is 0 Å². The Bertz CT molecular complexity index is 1200. The van der Waals surface area contributed by atoms with Crippen molar-refractivity contribution >= 4 is 17.8 Å². The molecule has 0 aromatic heterocycles. The number of hydrogen-bond acceptors (Lipinski definition) is 4. The Labute approximate surface area is 280 Å². The van der Waals surface area contributed by atoms with Gasteiger partial charge in [-0.05, 0) is 130 Å². The first-order valence-electron chi connectivity index (χ1n) is 18.9. The number of carbonyl (C=O) groups is 3. The molecule has 2 amide bonds. The van der Waals surface area contributed by atoms with Crippen LogP contribution in [0.15, 0.2) is 12.2 Å². The largest absolute Gasteiger partial charge is 0.462 e. The van der Waals surface area contributed by atoms with Gasteiger partial charge < -0.3 is 15.4 Å². The van der Waals surface area contributed by atoms with Crippen LogP contribution in [-0.4, -0.2) is 37.0 Å². The molecular formula is C40H66N2O4. The van der Waals surface area contributed by atoms with Crippen LogP contribution in [0.2, 0.25) is 0 Å². The van der Waals surface area contributed by atoms with E-state index in [0.29, 0.717) is 35.5 Å². The molecule has 5 aliphatic rings. The molecule has 5 saturated carbocycles. The minimum Gasteiger partial charge on any atom is -0.462 e. The number of carbonyl (C=O) groups excluding carboxylic acids is 3. The molecule has 2 N–H and O–H groups in total. The van der Waals surface area contributed by atoms with Crippen LogP contribution in [-0.2, 0) is 19.1 Å². The van der Waals surface area contributed by atoms with Crippen LogP contribution < -0.4 is 10.6 Å². The van der Waals surface area contributed by atoms with E-state index in [1.165, 1.54) is 31.3 Å². The van der Waals surface area contributed by atoms with Gasteiger partial charge in [-0.15, -0.1) is 0 Å². The Balaban J connectivity index is 1.34. The van der Waals surface area contributed by atoms with Gasteiger partial charge in [0.1, 0.15) is 6.10 Å². The summed E-state index contributed by atoms with van der Waals surface area (Å²) < 4.78 is 5.95. The second kappa shape index (κ2) is 12.9. The smallest absolute Gasteiger partial charge is 0.302 e. The highest BCUT2D eigenvalue weighted by Crippen LogP contribution is 2.77. The third-order valence-corrected chi connectivity index (χ3v) is 15.5. The average molecular weight is 639 g/mol. The van der Waals surface area contributed by atoms with Crippen molar-refractivity contribution in [1.29, 1.82) is 0 Å². The summed E-state index contributed by atoms with van der Waals surface area (Å²) in [5, 5.41) is 6.33. The Hall–Kier alpha value is -1.85. The van der Waals surface area contributed by atoms with E-state index in [4.69, 9.17) is 4.74 Å². The van der Waals surface area contributed by atoms with Crippen molar-refractivity contribution in [1.82, 2.24) is 10.6 Å². The van der Waals surface area contributed by atoms with Crippen molar-refractivity contribution in [2.75, 3.05) is 13.1 Å². The summed E-state index contributed by atoms with van der Waals surface area (Å²) in [6.45, 7) is 24.0. The molecule has 6 nitrogen and oxygen atoms in total. The van der Waals surface area contributed by atoms with Crippen LogP contribution in [0.3, 0.4) is 0 Å². The molecule has 0 aromatic carbocycles. The van der Waals surface area contributed by atoms with E-state index in [-0.39, 0.29) is 45.1 Å². The van der Waals surface area contributed by atoms with E-state index in [1.54, 1.807) is 13.8 Å². The maximum atomic E-state index is 14.3. The molecule has 10 atom stereocenters. The van der Waals surface area contributed by atoms with E-state index in [9.17, 15) is 14.4 Å². The molecule has 0 saturated heterocycles. The van der Waals surface area contributed by atoms with E-state index >= 15 is 0 Å². The Kier molecular flexibility index (Phi) is 9.93. The van der Waals surface area contributed by atoms with Gasteiger partial charge in [-0.3, -0.25) is 14.4 Å². The van der Waals surface area contributed by atoms with Gasteiger partial charge in [0.15, 0.2) is 0 Å². The van der Waals surface area contributed by atoms with Crippen molar-refractivity contribution < 1.29 is 19.1 Å². The number of rotatable bonds is 10. The molecule has 0 bridgehead atoms. The summed E-state index contributed by atoms with van der Waals surface area (Å²) in [5.41, 5.74) is 1.64. The summed E-state index contributed by atoms with van der Waals surface area (Å²) in [5.74, 6) is 2.74. The highest BCUT2D eigenvalue weighted by atomic mass is 16.5. The average Bonchev–Trinajstić information content (AvgIpc) is 3.37. The maximum Gasteiger partial charge on any atom is 0.302 e. The number of unbranched alkanes of at least 4 members (excludes halogenated alkanes) is 3. The monoisotopic (exact) mass is 639 g/mol. The van der Waals surface area contributed by atoms with E-state index in [2.05, 4.69) is 58.8 Å². The molecule has 0 aromatic rings. The third kappa shape index (κ3) is 5.67. The summed E-state index contributed by atoms with van der Waals surface area (Å²) in [6, 6.07) is 0. The maximum absolute atomic E-state index is 14.3. The summed E-state index contributed by atoms with van der Waals surface area (Å²) in [4.78, 5) is 37.5. The van der Waals surface area contributed by atoms with Gasteiger partial charge in [-0.1, -0.05) is 59.6 Å². The highest BCUT2D eigenvalue weighted by molar-refractivity contribution is 5.84. The van der Waals surface area contributed by atoms with Gasteiger partial charge in [0.25, 0.3) is 0 Å². The van der Waals surface area contributed by atoms with Gasteiger partial charge in [0.05, 0.1) is 5.41 Å². The fourth-order valence-corrected chi connectivity index (χ4v) is 13.2.